The van der Waals surface area contributed by atoms with Crippen molar-refractivity contribution in [1.29, 1.82) is 0 Å². The van der Waals surface area contributed by atoms with Crippen molar-refractivity contribution in [3.05, 3.63) is 39.4 Å². The van der Waals surface area contributed by atoms with Crippen LogP contribution in [0.25, 0.3) is 0 Å². The highest BCUT2D eigenvalue weighted by Crippen LogP contribution is 2.24. The van der Waals surface area contributed by atoms with Crippen molar-refractivity contribution in [2.75, 3.05) is 6.54 Å². The van der Waals surface area contributed by atoms with Gasteiger partial charge in [0.2, 0.25) is 0 Å². The minimum absolute atomic E-state index is 0.0860. The molecule has 0 amide bonds. The van der Waals surface area contributed by atoms with Crippen molar-refractivity contribution < 1.29 is 14.8 Å². The van der Waals surface area contributed by atoms with Crippen LogP contribution in [0.4, 0.5) is 5.69 Å². The summed E-state index contributed by atoms with van der Waals surface area (Å²) >= 11 is 0. The number of hydrogen-bond acceptors (Lipinski definition) is 4. The number of carbonyl (C=O) groups is 1. The third-order valence-corrected chi connectivity index (χ3v) is 2.38. The van der Waals surface area contributed by atoms with Gasteiger partial charge in [-0.2, -0.15) is 0 Å². The highest BCUT2D eigenvalue weighted by Gasteiger charge is 2.22. The maximum absolute atomic E-state index is 10.9. The Bertz CT molecular complexity index is 431. The fourth-order valence-electron chi connectivity index (χ4n) is 1.48. The van der Waals surface area contributed by atoms with Crippen molar-refractivity contribution in [2.24, 2.45) is 5.73 Å². The van der Waals surface area contributed by atoms with E-state index in [2.05, 4.69) is 0 Å². The van der Waals surface area contributed by atoms with Gasteiger partial charge >= 0.3 is 5.97 Å². The summed E-state index contributed by atoms with van der Waals surface area (Å²) in [5, 5.41) is 19.5. The van der Waals surface area contributed by atoms with E-state index in [-0.39, 0.29) is 12.2 Å². The van der Waals surface area contributed by atoms with Crippen LogP contribution >= 0.6 is 0 Å². The van der Waals surface area contributed by atoms with Gasteiger partial charge in [-0.1, -0.05) is 6.07 Å². The Morgan fingerprint density at radius 2 is 2.25 bits per heavy atom. The number of non-ortho nitro benzene ring substituents is 1. The van der Waals surface area contributed by atoms with Crippen molar-refractivity contribution in [2.45, 2.75) is 12.8 Å². The molecule has 1 aromatic carbocycles. The number of nitrogens with two attached hydrogens (primary N) is 1. The molecule has 0 aliphatic heterocycles. The van der Waals surface area contributed by atoms with Crippen molar-refractivity contribution >= 4 is 11.7 Å². The molecule has 0 aliphatic rings. The molecular formula is C10H12N2O4. The van der Waals surface area contributed by atoms with Gasteiger partial charge in [-0.05, 0) is 18.1 Å². The van der Waals surface area contributed by atoms with E-state index in [1.54, 1.807) is 6.92 Å². The van der Waals surface area contributed by atoms with Gasteiger partial charge in [0, 0.05) is 18.7 Å². The second-order valence-electron chi connectivity index (χ2n) is 3.42. The van der Waals surface area contributed by atoms with Gasteiger partial charge in [0.05, 0.1) is 10.8 Å². The van der Waals surface area contributed by atoms with E-state index in [4.69, 9.17) is 10.8 Å². The first-order valence-electron chi connectivity index (χ1n) is 4.65. The van der Waals surface area contributed by atoms with Crippen LogP contribution in [0.5, 0.6) is 0 Å². The van der Waals surface area contributed by atoms with Crippen LogP contribution in [0.2, 0.25) is 0 Å². The van der Waals surface area contributed by atoms with Gasteiger partial charge in [-0.25, -0.2) is 0 Å². The SMILES string of the molecule is Cc1ccc([N+](=O)[O-])cc1C(CN)C(=O)O. The Morgan fingerprint density at radius 3 is 2.69 bits per heavy atom. The Balaban J connectivity index is 3.25. The molecule has 86 valence electrons. The normalized spacial score (nSPS) is 12.1. The van der Waals surface area contributed by atoms with Gasteiger partial charge in [0.25, 0.3) is 5.69 Å². The average Bonchev–Trinajstić information content (AvgIpc) is 2.20. The Morgan fingerprint density at radius 1 is 1.62 bits per heavy atom. The van der Waals surface area contributed by atoms with Crippen LogP contribution in [0.15, 0.2) is 18.2 Å². The lowest BCUT2D eigenvalue weighted by Gasteiger charge is -2.12. The molecule has 1 atom stereocenters. The molecule has 6 nitrogen and oxygen atoms in total. The second kappa shape index (κ2) is 4.71. The number of hydrogen-bond donors (Lipinski definition) is 2. The number of benzene rings is 1. The zero-order chi connectivity index (χ0) is 12.3. The molecule has 0 heterocycles. The van der Waals surface area contributed by atoms with Crippen LogP contribution in [0, 0.1) is 17.0 Å². The van der Waals surface area contributed by atoms with Gasteiger partial charge in [-0.15, -0.1) is 0 Å². The second-order valence-corrected chi connectivity index (χ2v) is 3.42. The molecule has 0 radical (unpaired) electrons. The maximum Gasteiger partial charge on any atom is 0.312 e. The molecule has 0 bridgehead atoms. The Labute approximate surface area is 91.8 Å². The highest BCUT2D eigenvalue weighted by molar-refractivity contribution is 5.77. The zero-order valence-corrected chi connectivity index (χ0v) is 8.71. The minimum Gasteiger partial charge on any atom is -0.481 e. The van der Waals surface area contributed by atoms with E-state index >= 15 is 0 Å². The van der Waals surface area contributed by atoms with Gasteiger partial charge < -0.3 is 10.8 Å². The molecule has 0 aromatic heterocycles. The fourth-order valence-corrected chi connectivity index (χ4v) is 1.48. The monoisotopic (exact) mass is 224 g/mol. The summed E-state index contributed by atoms with van der Waals surface area (Å²) in [6.45, 7) is 1.61. The number of carboxylic acids is 1. The van der Waals surface area contributed by atoms with Crippen LogP contribution in [-0.4, -0.2) is 22.5 Å². The molecule has 6 heteroatoms. The molecule has 0 saturated carbocycles. The van der Waals surface area contributed by atoms with E-state index < -0.39 is 16.8 Å². The Hall–Kier alpha value is -1.95. The van der Waals surface area contributed by atoms with Gasteiger partial charge in [0.15, 0.2) is 0 Å². The molecule has 1 unspecified atom stereocenters. The topological polar surface area (TPSA) is 106 Å². The van der Waals surface area contributed by atoms with Crippen LogP contribution in [0.1, 0.15) is 17.0 Å². The third kappa shape index (κ3) is 2.34. The molecular weight excluding hydrogens is 212 g/mol. The first-order valence-corrected chi connectivity index (χ1v) is 4.65. The number of nitrogens with zero attached hydrogens (tertiary/aromatic N) is 1. The van der Waals surface area contributed by atoms with Crippen molar-refractivity contribution in [1.82, 2.24) is 0 Å². The smallest absolute Gasteiger partial charge is 0.312 e. The lowest BCUT2D eigenvalue weighted by atomic mass is 9.94. The zero-order valence-electron chi connectivity index (χ0n) is 8.71. The van der Waals surface area contributed by atoms with Crippen LogP contribution < -0.4 is 5.73 Å². The quantitative estimate of drug-likeness (QED) is 0.586. The lowest BCUT2D eigenvalue weighted by Crippen LogP contribution is -2.22. The first-order chi connectivity index (χ1) is 7.47. The molecule has 0 spiro atoms. The number of carboxylic acid groups (broad SMARTS) is 1. The number of rotatable bonds is 4. The largest absolute Gasteiger partial charge is 0.481 e. The van der Waals surface area contributed by atoms with Crippen molar-refractivity contribution in [3.8, 4) is 0 Å². The molecule has 16 heavy (non-hydrogen) atoms. The maximum atomic E-state index is 10.9. The van der Waals surface area contributed by atoms with E-state index in [0.29, 0.717) is 11.1 Å². The minimum atomic E-state index is -1.08. The summed E-state index contributed by atoms with van der Waals surface area (Å²) < 4.78 is 0. The van der Waals surface area contributed by atoms with E-state index in [0.717, 1.165) is 0 Å². The number of nitro groups is 1. The number of nitro benzene ring substituents is 1. The summed E-state index contributed by atoms with van der Waals surface area (Å²) in [7, 11) is 0. The van der Waals surface area contributed by atoms with Crippen molar-refractivity contribution in [3.63, 3.8) is 0 Å². The summed E-state index contributed by atoms with van der Waals surface area (Å²) in [6, 6.07) is 4.13. The predicted octanol–water partition coefficient (Wildman–Crippen LogP) is 1.03. The third-order valence-electron chi connectivity index (χ3n) is 2.38. The summed E-state index contributed by atoms with van der Waals surface area (Å²) in [5.41, 5.74) is 6.30. The van der Waals surface area contributed by atoms with Gasteiger partial charge in [-0.3, -0.25) is 14.9 Å². The Kier molecular flexibility index (Phi) is 3.57. The highest BCUT2D eigenvalue weighted by atomic mass is 16.6. The summed E-state index contributed by atoms with van der Waals surface area (Å²) in [6.07, 6.45) is 0. The molecule has 0 aliphatic carbocycles. The predicted molar refractivity (Wildman–Crippen MR) is 57.3 cm³/mol. The number of aryl methyl sites for hydroxylation is 1. The summed E-state index contributed by atoms with van der Waals surface area (Å²) in [4.78, 5) is 20.9. The van der Waals surface area contributed by atoms with E-state index in [1.165, 1.54) is 18.2 Å². The molecule has 1 aromatic rings. The van der Waals surface area contributed by atoms with E-state index in [1.807, 2.05) is 0 Å². The lowest BCUT2D eigenvalue weighted by molar-refractivity contribution is -0.384. The van der Waals surface area contributed by atoms with E-state index in [9.17, 15) is 14.9 Å². The average molecular weight is 224 g/mol. The molecule has 0 saturated heterocycles. The van der Waals surface area contributed by atoms with Crippen LogP contribution in [-0.2, 0) is 4.79 Å². The number of aliphatic carboxylic acids is 1. The fraction of sp³-hybridized carbons (Fsp3) is 0.300. The standard InChI is InChI=1S/C10H12N2O4/c1-6-2-3-7(12(15)16)4-8(6)9(5-11)10(13)14/h2-4,9H,5,11H2,1H3,(H,13,14). The molecule has 1 rings (SSSR count). The first kappa shape index (κ1) is 12.1. The molecule has 0 fully saturated rings. The molecule has 3 N–H and O–H groups in total. The van der Waals surface area contributed by atoms with Gasteiger partial charge in [0.1, 0.15) is 0 Å². The summed E-state index contributed by atoms with van der Waals surface area (Å²) in [5.74, 6) is -1.98. The van der Waals surface area contributed by atoms with Crippen LogP contribution in [0.3, 0.4) is 0 Å².